The summed E-state index contributed by atoms with van der Waals surface area (Å²) in [5.74, 6) is 0.870. The zero-order valence-corrected chi connectivity index (χ0v) is 11.5. The maximum Gasteiger partial charge on any atom is 0.00970 e. The summed E-state index contributed by atoms with van der Waals surface area (Å²) < 4.78 is 0. The third-order valence-electron chi connectivity index (χ3n) is 3.21. The molecule has 1 rings (SSSR count). The molecule has 1 fully saturated rings. The first-order valence-electron chi connectivity index (χ1n) is 6.69. The topological polar surface area (TPSA) is 27.3 Å². The zero-order chi connectivity index (χ0) is 12.0. The van der Waals surface area contributed by atoms with Crippen molar-refractivity contribution in [1.82, 2.24) is 15.5 Å². The number of likely N-dealkylation sites (tertiary alicyclic amines) is 1. The fourth-order valence-corrected chi connectivity index (χ4v) is 2.20. The van der Waals surface area contributed by atoms with Crippen molar-refractivity contribution in [2.75, 3.05) is 39.3 Å². The predicted molar refractivity (Wildman–Crippen MR) is 70.8 cm³/mol. The van der Waals surface area contributed by atoms with Crippen LogP contribution >= 0.6 is 0 Å². The van der Waals surface area contributed by atoms with Gasteiger partial charge in [-0.15, -0.1) is 0 Å². The lowest BCUT2D eigenvalue weighted by Gasteiger charge is -2.21. The van der Waals surface area contributed by atoms with E-state index in [0.717, 1.165) is 19.0 Å². The lowest BCUT2D eigenvalue weighted by atomic mass is 10.1. The van der Waals surface area contributed by atoms with Gasteiger partial charge >= 0.3 is 0 Å². The van der Waals surface area contributed by atoms with E-state index in [-0.39, 0.29) is 5.54 Å². The van der Waals surface area contributed by atoms with Crippen molar-refractivity contribution in [3.8, 4) is 0 Å². The molecular formula is C13H29N3. The van der Waals surface area contributed by atoms with Gasteiger partial charge in [0.05, 0.1) is 0 Å². The van der Waals surface area contributed by atoms with Crippen molar-refractivity contribution in [3.05, 3.63) is 0 Å². The molecule has 0 aliphatic carbocycles. The summed E-state index contributed by atoms with van der Waals surface area (Å²) in [6.45, 7) is 16.0. The molecule has 3 heteroatoms. The van der Waals surface area contributed by atoms with E-state index in [1.54, 1.807) is 0 Å². The maximum absolute atomic E-state index is 3.56. The molecule has 0 amide bonds. The highest BCUT2D eigenvalue weighted by molar-refractivity contribution is 4.77. The van der Waals surface area contributed by atoms with Gasteiger partial charge in [0.2, 0.25) is 0 Å². The van der Waals surface area contributed by atoms with Crippen LogP contribution in [0.5, 0.6) is 0 Å². The maximum atomic E-state index is 3.56. The van der Waals surface area contributed by atoms with Crippen LogP contribution in [0.1, 0.15) is 34.1 Å². The molecule has 1 aliphatic rings. The van der Waals surface area contributed by atoms with E-state index in [4.69, 9.17) is 0 Å². The van der Waals surface area contributed by atoms with Crippen molar-refractivity contribution in [1.29, 1.82) is 0 Å². The second-order valence-corrected chi connectivity index (χ2v) is 5.93. The molecule has 1 heterocycles. The highest BCUT2D eigenvalue weighted by Gasteiger charge is 2.20. The molecule has 0 aromatic heterocycles. The zero-order valence-electron chi connectivity index (χ0n) is 11.5. The van der Waals surface area contributed by atoms with Crippen LogP contribution in [0.4, 0.5) is 0 Å². The Hall–Kier alpha value is -0.120. The van der Waals surface area contributed by atoms with Gasteiger partial charge in [-0.05, 0) is 52.7 Å². The standard InChI is InChI=1S/C13H29N3/c1-5-16-9-6-12(11-16)10-14-7-8-15-13(2,3)4/h12,14-15H,5-11H2,1-4H3. The first kappa shape index (κ1) is 13.9. The summed E-state index contributed by atoms with van der Waals surface area (Å²) >= 11 is 0. The summed E-state index contributed by atoms with van der Waals surface area (Å²) in [6.07, 6.45) is 1.37. The Labute approximate surface area is 101 Å². The molecule has 0 saturated carbocycles. The van der Waals surface area contributed by atoms with Crippen molar-refractivity contribution in [2.45, 2.75) is 39.7 Å². The largest absolute Gasteiger partial charge is 0.315 e. The van der Waals surface area contributed by atoms with Crippen LogP contribution in [0.15, 0.2) is 0 Å². The second kappa shape index (κ2) is 6.58. The van der Waals surface area contributed by atoms with Gasteiger partial charge in [-0.2, -0.15) is 0 Å². The fourth-order valence-electron chi connectivity index (χ4n) is 2.20. The monoisotopic (exact) mass is 227 g/mol. The number of hydrogen-bond acceptors (Lipinski definition) is 3. The molecule has 0 aromatic carbocycles. The average molecular weight is 227 g/mol. The third-order valence-corrected chi connectivity index (χ3v) is 3.21. The van der Waals surface area contributed by atoms with Gasteiger partial charge in [-0.1, -0.05) is 6.92 Å². The van der Waals surface area contributed by atoms with Crippen LogP contribution in [0.3, 0.4) is 0 Å². The second-order valence-electron chi connectivity index (χ2n) is 5.93. The quantitative estimate of drug-likeness (QED) is 0.670. The van der Waals surface area contributed by atoms with Gasteiger partial charge in [-0.25, -0.2) is 0 Å². The van der Waals surface area contributed by atoms with Crippen LogP contribution in [0, 0.1) is 5.92 Å². The van der Waals surface area contributed by atoms with E-state index in [1.165, 1.54) is 32.6 Å². The van der Waals surface area contributed by atoms with Crippen molar-refractivity contribution >= 4 is 0 Å². The Kier molecular flexibility index (Phi) is 5.73. The lowest BCUT2D eigenvalue weighted by molar-refractivity contribution is 0.338. The van der Waals surface area contributed by atoms with Crippen LogP contribution < -0.4 is 10.6 Å². The number of nitrogens with zero attached hydrogens (tertiary/aromatic N) is 1. The minimum Gasteiger partial charge on any atom is -0.315 e. The van der Waals surface area contributed by atoms with Crippen LogP contribution in [0.2, 0.25) is 0 Å². The van der Waals surface area contributed by atoms with Crippen molar-refractivity contribution in [3.63, 3.8) is 0 Å². The van der Waals surface area contributed by atoms with Gasteiger partial charge in [0, 0.05) is 25.2 Å². The Morgan fingerprint density at radius 2 is 2.00 bits per heavy atom. The Morgan fingerprint density at radius 1 is 1.25 bits per heavy atom. The minimum absolute atomic E-state index is 0.244. The summed E-state index contributed by atoms with van der Waals surface area (Å²) in [5, 5.41) is 7.05. The number of nitrogens with one attached hydrogen (secondary N) is 2. The van der Waals surface area contributed by atoms with E-state index in [2.05, 4.69) is 43.2 Å². The van der Waals surface area contributed by atoms with E-state index < -0.39 is 0 Å². The highest BCUT2D eigenvalue weighted by Crippen LogP contribution is 2.14. The lowest BCUT2D eigenvalue weighted by Crippen LogP contribution is -2.41. The molecule has 1 aliphatic heterocycles. The fraction of sp³-hybridized carbons (Fsp3) is 1.00. The first-order chi connectivity index (χ1) is 7.51. The molecular weight excluding hydrogens is 198 g/mol. The highest BCUT2D eigenvalue weighted by atomic mass is 15.1. The SMILES string of the molecule is CCN1CCC(CNCCNC(C)(C)C)C1. The van der Waals surface area contributed by atoms with Gasteiger partial charge in [0.1, 0.15) is 0 Å². The molecule has 0 aromatic rings. The molecule has 3 nitrogen and oxygen atoms in total. The minimum atomic E-state index is 0.244. The summed E-state index contributed by atoms with van der Waals surface area (Å²) in [6, 6.07) is 0. The van der Waals surface area contributed by atoms with E-state index in [9.17, 15) is 0 Å². The van der Waals surface area contributed by atoms with Crippen molar-refractivity contribution in [2.24, 2.45) is 5.92 Å². The normalized spacial score (nSPS) is 22.9. The summed E-state index contributed by atoms with van der Waals surface area (Å²) in [4.78, 5) is 2.54. The van der Waals surface area contributed by atoms with Crippen LogP contribution in [0.25, 0.3) is 0 Å². The van der Waals surface area contributed by atoms with Crippen LogP contribution in [-0.2, 0) is 0 Å². The van der Waals surface area contributed by atoms with Gasteiger partial charge < -0.3 is 15.5 Å². The molecule has 0 spiro atoms. The third kappa shape index (κ3) is 5.83. The molecule has 0 radical (unpaired) electrons. The van der Waals surface area contributed by atoms with Crippen LogP contribution in [-0.4, -0.2) is 49.7 Å². The predicted octanol–water partition coefficient (Wildman–Crippen LogP) is 1.31. The number of hydrogen-bond donors (Lipinski definition) is 2. The van der Waals surface area contributed by atoms with E-state index >= 15 is 0 Å². The molecule has 0 bridgehead atoms. The Bertz CT molecular complexity index is 186. The smallest absolute Gasteiger partial charge is 0.00970 e. The summed E-state index contributed by atoms with van der Waals surface area (Å²) in [7, 11) is 0. The van der Waals surface area contributed by atoms with E-state index in [1.807, 2.05) is 0 Å². The molecule has 1 saturated heterocycles. The molecule has 16 heavy (non-hydrogen) atoms. The first-order valence-corrected chi connectivity index (χ1v) is 6.69. The Morgan fingerprint density at radius 3 is 2.56 bits per heavy atom. The molecule has 2 N–H and O–H groups in total. The molecule has 96 valence electrons. The Balaban J connectivity index is 1.96. The van der Waals surface area contributed by atoms with Gasteiger partial charge in [-0.3, -0.25) is 0 Å². The van der Waals surface area contributed by atoms with Gasteiger partial charge in [0.15, 0.2) is 0 Å². The average Bonchev–Trinajstić information content (AvgIpc) is 2.63. The number of rotatable bonds is 6. The van der Waals surface area contributed by atoms with E-state index in [0.29, 0.717) is 0 Å². The molecule has 1 unspecified atom stereocenters. The van der Waals surface area contributed by atoms with Gasteiger partial charge in [0.25, 0.3) is 0 Å². The van der Waals surface area contributed by atoms with Crippen molar-refractivity contribution < 1.29 is 0 Å². The molecule has 1 atom stereocenters. The summed E-state index contributed by atoms with van der Waals surface area (Å²) in [5.41, 5.74) is 0.244.